The van der Waals surface area contributed by atoms with Gasteiger partial charge in [0.05, 0.1) is 0 Å². The summed E-state index contributed by atoms with van der Waals surface area (Å²) in [4.78, 5) is 0. The van der Waals surface area contributed by atoms with Crippen LogP contribution in [-0.4, -0.2) is 10.2 Å². The third-order valence-corrected chi connectivity index (χ3v) is 9.96. The molecule has 2 nitrogen and oxygen atoms in total. The molecular weight excluding hydrogens is 597 g/mol. The first-order valence-corrected chi connectivity index (χ1v) is 20.3. The van der Waals surface area contributed by atoms with Crippen molar-refractivity contribution in [2.45, 2.75) is 181 Å². The highest BCUT2D eigenvalue weighted by atomic mass is 16.3. The second-order valence-corrected chi connectivity index (χ2v) is 19.7. The summed E-state index contributed by atoms with van der Waals surface area (Å²) in [5.74, 6) is 4.73. The second-order valence-electron chi connectivity index (χ2n) is 19.7. The molecule has 0 fully saturated rings. The summed E-state index contributed by atoms with van der Waals surface area (Å²) in [6.07, 6.45) is 7.35. The van der Waals surface area contributed by atoms with Crippen LogP contribution in [0.5, 0.6) is 11.5 Å². The molecule has 2 aromatic carbocycles. The summed E-state index contributed by atoms with van der Waals surface area (Å²) in [7, 11) is 0. The molecule has 0 amide bonds. The van der Waals surface area contributed by atoms with E-state index in [0.717, 1.165) is 51.4 Å². The normalized spacial score (nSPS) is 12.9. The molecule has 0 unspecified atom stereocenters. The van der Waals surface area contributed by atoms with Crippen molar-refractivity contribution in [1.29, 1.82) is 0 Å². The van der Waals surface area contributed by atoms with Crippen LogP contribution in [0.1, 0.15) is 180 Å². The SMILES string of the molecule is CC(C)Cc1c(O)c(CC(C)C)c(CC(C)C)c(C(C)(C)c2c(CC(C)C)c(CC(C)C)c(O)c(CC(C)C)c2CC(C)C)c1CC(C)C. The van der Waals surface area contributed by atoms with Crippen molar-refractivity contribution in [3.8, 4) is 11.5 Å². The van der Waals surface area contributed by atoms with Gasteiger partial charge in [0.25, 0.3) is 0 Å². The molecule has 0 aliphatic rings. The van der Waals surface area contributed by atoms with Gasteiger partial charge < -0.3 is 10.2 Å². The smallest absolute Gasteiger partial charge is 0.122 e. The maximum absolute atomic E-state index is 12.4. The first-order valence-electron chi connectivity index (χ1n) is 20.3. The fourth-order valence-electron chi connectivity index (χ4n) is 8.58. The van der Waals surface area contributed by atoms with Gasteiger partial charge in [-0.1, -0.05) is 125 Å². The Morgan fingerprint density at radius 1 is 0.306 bits per heavy atom. The minimum Gasteiger partial charge on any atom is -0.507 e. The van der Waals surface area contributed by atoms with Crippen molar-refractivity contribution in [3.63, 3.8) is 0 Å². The number of benzene rings is 2. The van der Waals surface area contributed by atoms with Gasteiger partial charge in [0, 0.05) is 5.41 Å². The van der Waals surface area contributed by atoms with Gasteiger partial charge in [0.15, 0.2) is 0 Å². The summed E-state index contributed by atoms with van der Waals surface area (Å²) < 4.78 is 0. The van der Waals surface area contributed by atoms with E-state index in [1.54, 1.807) is 0 Å². The van der Waals surface area contributed by atoms with Crippen LogP contribution < -0.4 is 0 Å². The van der Waals surface area contributed by atoms with Gasteiger partial charge in [-0.15, -0.1) is 0 Å². The number of hydrogen-bond acceptors (Lipinski definition) is 2. The van der Waals surface area contributed by atoms with Gasteiger partial charge in [-0.3, -0.25) is 0 Å². The zero-order valence-corrected chi connectivity index (χ0v) is 35.7. The maximum atomic E-state index is 12.4. The van der Waals surface area contributed by atoms with Crippen LogP contribution in [-0.2, 0) is 56.8 Å². The molecule has 2 heteroatoms. The Morgan fingerprint density at radius 3 is 0.592 bits per heavy atom. The van der Waals surface area contributed by atoms with E-state index in [2.05, 4.69) is 125 Å². The van der Waals surface area contributed by atoms with Crippen LogP contribution in [0, 0.1) is 47.3 Å². The first kappa shape index (κ1) is 43.2. The average molecular weight is 677 g/mol. The molecule has 49 heavy (non-hydrogen) atoms. The van der Waals surface area contributed by atoms with E-state index >= 15 is 0 Å². The predicted molar refractivity (Wildman–Crippen MR) is 217 cm³/mol. The standard InChI is InChI=1S/C47H80O2/c1-27(2)19-35-39(23-31(9)10)45(48)40(24-32(11)12)36(20-28(3)4)43(35)47(17,18)44-37(21-29(5)6)41(25-33(13)14)46(49)42(26-34(15)16)38(44)22-30(7)8/h27-34,48-49H,19-26H2,1-18H3. The van der Waals surface area contributed by atoms with Gasteiger partial charge in [0.1, 0.15) is 11.5 Å². The van der Waals surface area contributed by atoms with Crippen molar-refractivity contribution < 1.29 is 10.2 Å². The molecule has 0 aliphatic carbocycles. The molecule has 0 bridgehead atoms. The number of hydrogen-bond donors (Lipinski definition) is 2. The van der Waals surface area contributed by atoms with Crippen LogP contribution in [0.4, 0.5) is 0 Å². The summed E-state index contributed by atoms with van der Waals surface area (Å²) in [6.45, 7) is 42.1. The van der Waals surface area contributed by atoms with Crippen LogP contribution >= 0.6 is 0 Å². The highest BCUT2D eigenvalue weighted by Crippen LogP contribution is 2.51. The Bertz CT molecular complexity index is 1170. The summed E-state index contributed by atoms with van der Waals surface area (Å²) >= 11 is 0. The highest BCUT2D eigenvalue weighted by Gasteiger charge is 2.39. The quantitative estimate of drug-likeness (QED) is 0.165. The minimum atomic E-state index is -0.334. The van der Waals surface area contributed by atoms with Crippen molar-refractivity contribution in [2.75, 3.05) is 0 Å². The zero-order valence-electron chi connectivity index (χ0n) is 35.7. The van der Waals surface area contributed by atoms with Gasteiger partial charge in [-0.2, -0.15) is 0 Å². The third kappa shape index (κ3) is 11.0. The van der Waals surface area contributed by atoms with E-state index in [9.17, 15) is 10.2 Å². The number of rotatable bonds is 18. The molecule has 0 spiro atoms. The largest absolute Gasteiger partial charge is 0.507 e. The molecule has 0 saturated carbocycles. The molecule has 0 radical (unpaired) electrons. The van der Waals surface area contributed by atoms with Crippen LogP contribution in [0.15, 0.2) is 0 Å². The Balaban J connectivity index is 3.52. The van der Waals surface area contributed by atoms with E-state index < -0.39 is 0 Å². The molecule has 0 aliphatic heterocycles. The molecule has 0 atom stereocenters. The topological polar surface area (TPSA) is 40.5 Å². The van der Waals surface area contributed by atoms with E-state index in [4.69, 9.17) is 0 Å². The lowest BCUT2D eigenvalue weighted by molar-refractivity contribution is 0.436. The van der Waals surface area contributed by atoms with Crippen LogP contribution in [0.25, 0.3) is 0 Å². The van der Waals surface area contributed by atoms with E-state index in [-0.39, 0.29) is 5.41 Å². The Morgan fingerprint density at radius 2 is 0.449 bits per heavy atom. The van der Waals surface area contributed by atoms with Crippen LogP contribution in [0.3, 0.4) is 0 Å². The molecule has 280 valence electrons. The molecule has 2 N–H and O–H groups in total. The third-order valence-electron chi connectivity index (χ3n) is 9.96. The monoisotopic (exact) mass is 677 g/mol. The van der Waals surface area contributed by atoms with Crippen molar-refractivity contribution in [3.05, 3.63) is 55.6 Å². The van der Waals surface area contributed by atoms with Crippen LogP contribution in [0.2, 0.25) is 0 Å². The molecule has 2 aromatic rings. The first-order chi connectivity index (χ1) is 22.5. The fraction of sp³-hybridized carbons (Fsp3) is 0.745. The van der Waals surface area contributed by atoms with Crippen molar-refractivity contribution in [2.24, 2.45) is 47.3 Å². The lowest BCUT2D eigenvalue weighted by Crippen LogP contribution is -2.31. The van der Waals surface area contributed by atoms with Crippen molar-refractivity contribution >= 4 is 0 Å². The second kappa shape index (κ2) is 18.0. The number of phenols is 2. The lowest BCUT2D eigenvalue weighted by atomic mass is 9.64. The average Bonchev–Trinajstić information content (AvgIpc) is 2.91. The molecule has 0 heterocycles. The zero-order chi connectivity index (χ0) is 37.7. The van der Waals surface area contributed by atoms with Gasteiger partial charge in [0.2, 0.25) is 0 Å². The van der Waals surface area contributed by atoms with E-state index in [1.807, 2.05) is 0 Å². The van der Waals surface area contributed by atoms with Gasteiger partial charge >= 0.3 is 0 Å². The number of aromatic hydroxyl groups is 2. The lowest BCUT2D eigenvalue weighted by Gasteiger charge is -2.40. The Hall–Kier alpha value is -1.96. The molecular formula is C47H80O2. The molecule has 0 aromatic heterocycles. The Labute approximate surface area is 305 Å². The summed E-state index contributed by atoms with van der Waals surface area (Å²) in [5.41, 5.74) is 12.9. The minimum absolute atomic E-state index is 0.334. The Kier molecular flexibility index (Phi) is 15.9. The maximum Gasteiger partial charge on any atom is 0.122 e. The molecule has 2 rings (SSSR count). The van der Waals surface area contributed by atoms with Gasteiger partial charge in [-0.05, 0) is 154 Å². The summed E-state index contributed by atoms with van der Waals surface area (Å²) in [6, 6.07) is 0. The highest BCUT2D eigenvalue weighted by molar-refractivity contribution is 5.65. The number of phenolic OH excluding ortho intramolecular Hbond substituents is 2. The fourth-order valence-corrected chi connectivity index (χ4v) is 8.58. The summed E-state index contributed by atoms with van der Waals surface area (Å²) in [5, 5.41) is 24.7. The van der Waals surface area contributed by atoms with E-state index in [1.165, 1.54) is 55.6 Å². The predicted octanol–water partition coefficient (Wildman–Crippen LogP) is 13.0. The van der Waals surface area contributed by atoms with Gasteiger partial charge in [-0.25, -0.2) is 0 Å². The molecule has 0 saturated heterocycles. The van der Waals surface area contributed by atoms with Crippen molar-refractivity contribution in [1.82, 2.24) is 0 Å². The van der Waals surface area contributed by atoms with E-state index in [0.29, 0.717) is 58.8 Å².